The Morgan fingerprint density at radius 2 is 1.72 bits per heavy atom. The Balaban J connectivity index is 1.31. The van der Waals surface area contributed by atoms with Crippen LogP contribution in [0.5, 0.6) is 0 Å². The molecule has 2 saturated carbocycles. The summed E-state index contributed by atoms with van der Waals surface area (Å²) in [5, 5.41) is 0. The smallest absolute Gasteiger partial charge is 0.272 e. The van der Waals surface area contributed by atoms with Crippen LogP contribution in [-0.4, -0.2) is 47.0 Å². The second kappa shape index (κ2) is 5.76. The minimum absolute atomic E-state index is 0.0378. The summed E-state index contributed by atoms with van der Waals surface area (Å²) in [6.45, 7) is -0.0756. The van der Waals surface area contributed by atoms with E-state index in [2.05, 4.69) is 23.1 Å². The fourth-order valence-electron chi connectivity index (χ4n) is 4.94. The van der Waals surface area contributed by atoms with Crippen LogP contribution in [0.1, 0.15) is 44.1 Å². The molecule has 2 aliphatic heterocycles. The molecule has 2 aliphatic carbocycles. The molecular formula is C20H25F2N3. The lowest BCUT2D eigenvalue weighted by atomic mass is 9.85. The van der Waals surface area contributed by atoms with E-state index >= 15 is 0 Å². The van der Waals surface area contributed by atoms with Crippen molar-refractivity contribution in [3.63, 3.8) is 0 Å². The number of halogens is 2. The summed E-state index contributed by atoms with van der Waals surface area (Å²) in [5.41, 5.74) is 1.21. The monoisotopic (exact) mass is 345 g/mol. The first-order valence-corrected chi connectivity index (χ1v) is 9.64. The first-order valence-electron chi connectivity index (χ1n) is 9.64. The van der Waals surface area contributed by atoms with Gasteiger partial charge >= 0.3 is 0 Å². The lowest BCUT2D eigenvalue weighted by Gasteiger charge is -2.49. The standard InChI is InChI=1S/C20H25F2N3/c21-20(22)12-24(13-20)16-6-8-17(9-7-16)25-18(14-3-4-14)10-5-15-2-1-11-23-19(15)25/h1-2,5,10-11,14,16-18H,3-4,6-9,12-13H2. The Morgan fingerprint density at radius 3 is 2.40 bits per heavy atom. The Kier molecular flexibility index (Phi) is 3.63. The van der Waals surface area contributed by atoms with Gasteiger partial charge in [-0.25, -0.2) is 13.8 Å². The SMILES string of the molecule is FC1(F)CN(C2CCC(N3c4ncccc4C=CC3C3CC3)CC2)C1. The third kappa shape index (κ3) is 2.86. The van der Waals surface area contributed by atoms with Crippen LogP contribution in [0.25, 0.3) is 6.08 Å². The largest absolute Gasteiger partial charge is 0.346 e. The molecule has 0 radical (unpaired) electrons. The van der Waals surface area contributed by atoms with Crippen molar-refractivity contribution >= 4 is 11.9 Å². The minimum atomic E-state index is -2.45. The first kappa shape index (κ1) is 15.7. The molecule has 25 heavy (non-hydrogen) atoms. The van der Waals surface area contributed by atoms with Crippen molar-refractivity contribution in [3.05, 3.63) is 30.0 Å². The van der Waals surface area contributed by atoms with E-state index in [9.17, 15) is 8.78 Å². The second-order valence-corrected chi connectivity index (χ2v) is 8.23. The number of hydrogen-bond acceptors (Lipinski definition) is 3. The molecule has 0 spiro atoms. The van der Waals surface area contributed by atoms with E-state index in [0.717, 1.165) is 37.4 Å². The summed E-state index contributed by atoms with van der Waals surface area (Å²) >= 11 is 0. The normalized spacial score (nSPS) is 34.5. The molecule has 1 aromatic heterocycles. The van der Waals surface area contributed by atoms with Crippen molar-refractivity contribution in [1.29, 1.82) is 0 Å². The molecule has 3 heterocycles. The lowest BCUT2D eigenvalue weighted by Crippen LogP contribution is -2.61. The van der Waals surface area contributed by atoms with E-state index in [1.165, 1.54) is 18.4 Å². The van der Waals surface area contributed by atoms with Gasteiger partial charge in [-0.15, -0.1) is 0 Å². The molecule has 5 heteroatoms. The topological polar surface area (TPSA) is 19.4 Å². The Hall–Kier alpha value is -1.49. The van der Waals surface area contributed by atoms with Crippen LogP contribution in [0.2, 0.25) is 0 Å². The van der Waals surface area contributed by atoms with Gasteiger partial charge < -0.3 is 4.90 Å². The van der Waals surface area contributed by atoms with Gasteiger partial charge in [0, 0.05) is 23.8 Å². The highest BCUT2D eigenvalue weighted by Gasteiger charge is 2.48. The van der Waals surface area contributed by atoms with Crippen LogP contribution < -0.4 is 4.90 Å². The molecule has 0 amide bonds. The average Bonchev–Trinajstić information content (AvgIpc) is 3.44. The number of fused-ring (bicyclic) bond motifs is 1. The summed E-state index contributed by atoms with van der Waals surface area (Å²) in [5.74, 6) is -0.562. The van der Waals surface area contributed by atoms with Crippen molar-refractivity contribution < 1.29 is 8.78 Å². The highest BCUT2D eigenvalue weighted by Crippen LogP contribution is 2.44. The molecule has 0 aromatic carbocycles. The maximum absolute atomic E-state index is 13.2. The molecule has 1 aromatic rings. The molecule has 1 saturated heterocycles. The van der Waals surface area contributed by atoms with Crippen LogP contribution in [0, 0.1) is 5.92 Å². The number of alkyl halides is 2. The van der Waals surface area contributed by atoms with Crippen LogP contribution >= 0.6 is 0 Å². The Morgan fingerprint density at radius 1 is 1.00 bits per heavy atom. The van der Waals surface area contributed by atoms with Crippen molar-refractivity contribution in [2.24, 2.45) is 5.92 Å². The number of anilines is 1. The van der Waals surface area contributed by atoms with E-state index in [0.29, 0.717) is 18.1 Å². The number of hydrogen-bond donors (Lipinski definition) is 0. The lowest BCUT2D eigenvalue weighted by molar-refractivity contribution is -0.149. The second-order valence-electron chi connectivity index (χ2n) is 8.23. The molecule has 0 N–H and O–H groups in total. The highest BCUT2D eigenvalue weighted by atomic mass is 19.3. The zero-order valence-electron chi connectivity index (χ0n) is 14.5. The van der Waals surface area contributed by atoms with Crippen molar-refractivity contribution in [1.82, 2.24) is 9.88 Å². The van der Waals surface area contributed by atoms with E-state index in [1.54, 1.807) is 0 Å². The zero-order chi connectivity index (χ0) is 17.0. The Labute approximate surface area is 147 Å². The molecule has 134 valence electrons. The zero-order valence-corrected chi connectivity index (χ0v) is 14.5. The number of rotatable bonds is 3. The molecule has 1 atom stereocenters. The van der Waals surface area contributed by atoms with E-state index in [4.69, 9.17) is 4.98 Å². The fourth-order valence-corrected chi connectivity index (χ4v) is 4.94. The van der Waals surface area contributed by atoms with Gasteiger partial charge in [-0.3, -0.25) is 4.90 Å². The van der Waals surface area contributed by atoms with Crippen LogP contribution in [0.15, 0.2) is 24.4 Å². The third-order valence-electron chi connectivity index (χ3n) is 6.41. The maximum Gasteiger partial charge on any atom is 0.272 e. The van der Waals surface area contributed by atoms with Crippen LogP contribution in [0.3, 0.4) is 0 Å². The molecule has 1 unspecified atom stereocenters. The van der Waals surface area contributed by atoms with Crippen molar-refractivity contribution in [2.75, 3.05) is 18.0 Å². The quantitative estimate of drug-likeness (QED) is 0.827. The maximum atomic E-state index is 13.2. The molecule has 0 bridgehead atoms. The summed E-state index contributed by atoms with van der Waals surface area (Å²) in [4.78, 5) is 9.25. The van der Waals surface area contributed by atoms with E-state index < -0.39 is 5.92 Å². The highest BCUT2D eigenvalue weighted by molar-refractivity contribution is 5.69. The first-order chi connectivity index (χ1) is 12.1. The van der Waals surface area contributed by atoms with Gasteiger partial charge in [0.25, 0.3) is 5.92 Å². The van der Waals surface area contributed by atoms with E-state index in [1.807, 2.05) is 17.2 Å². The minimum Gasteiger partial charge on any atom is -0.346 e. The van der Waals surface area contributed by atoms with Gasteiger partial charge in [-0.1, -0.05) is 12.2 Å². The van der Waals surface area contributed by atoms with Crippen molar-refractivity contribution in [3.8, 4) is 0 Å². The number of pyridine rings is 1. The van der Waals surface area contributed by atoms with Crippen molar-refractivity contribution in [2.45, 2.75) is 62.6 Å². The molecule has 3 nitrogen and oxygen atoms in total. The van der Waals surface area contributed by atoms with Gasteiger partial charge in [0.2, 0.25) is 0 Å². The predicted molar refractivity (Wildman–Crippen MR) is 94.8 cm³/mol. The number of nitrogens with zero attached hydrogens (tertiary/aromatic N) is 3. The van der Waals surface area contributed by atoms with Crippen LogP contribution in [-0.2, 0) is 0 Å². The fraction of sp³-hybridized carbons (Fsp3) is 0.650. The molecule has 3 fully saturated rings. The van der Waals surface area contributed by atoms with Gasteiger partial charge in [0.1, 0.15) is 5.82 Å². The Bertz CT molecular complexity index is 669. The van der Waals surface area contributed by atoms with Gasteiger partial charge in [-0.05, 0) is 56.6 Å². The van der Waals surface area contributed by atoms with Crippen LogP contribution in [0.4, 0.5) is 14.6 Å². The summed E-state index contributed by atoms with van der Waals surface area (Å²) < 4.78 is 26.3. The number of likely N-dealkylation sites (tertiary alicyclic amines) is 1. The van der Waals surface area contributed by atoms with Gasteiger partial charge in [0.05, 0.1) is 19.1 Å². The summed E-state index contributed by atoms with van der Waals surface area (Å²) in [6, 6.07) is 5.45. The van der Waals surface area contributed by atoms with Gasteiger partial charge in [0.15, 0.2) is 0 Å². The third-order valence-corrected chi connectivity index (χ3v) is 6.41. The summed E-state index contributed by atoms with van der Waals surface area (Å²) in [6.07, 6.45) is 13.3. The van der Waals surface area contributed by atoms with Gasteiger partial charge in [-0.2, -0.15) is 0 Å². The molecule has 5 rings (SSSR count). The molecule has 4 aliphatic rings. The van der Waals surface area contributed by atoms with E-state index in [-0.39, 0.29) is 13.1 Å². The average molecular weight is 345 g/mol. The predicted octanol–water partition coefficient (Wildman–Crippen LogP) is 3.96. The number of aromatic nitrogens is 1. The summed E-state index contributed by atoms with van der Waals surface area (Å²) in [7, 11) is 0. The molecular weight excluding hydrogens is 320 g/mol.